The molecule has 0 aliphatic heterocycles. The minimum Gasteiger partial charge on any atom is -0.461 e. The molecule has 0 spiro atoms. The lowest BCUT2D eigenvalue weighted by Crippen LogP contribution is -2.38. The number of unbranched alkanes of at least 4 members (excludes halogenated alkanes) is 1. The van der Waals surface area contributed by atoms with E-state index < -0.39 is 19.4 Å². The van der Waals surface area contributed by atoms with Crippen LogP contribution in [0.2, 0.25) is 0 Å². The summed E-state index contributed by atoms with van der Waals surface area (Å²) in [6.07, 6.45) is 3.94. The van der Waals surface area contributed by atoms with E-state index in [4.69, 9.17) is 9.47 Å². The van der Waals surface area contributed by atoms with Gasteiger partial charge in [-0.25, -0.2) is 19.3 Å². The normalized spacial score (nSPS) is 12.8. The molecule has 1 aromatic carbocycles. The lowest BCUT2D eigenvalue weighted by molar-refractivity contribution is -0.138. The quantitative estimate of drug-likeness (QED) is 0.219. The first-order valence-electron chi connectivity index (χ1n) is 9.22. The van der Waals surface area contributed by atoms with Crippen LogP contribution < -0.4 is 10.4 Å². The van der Waals surface area contributed by atoms with E-state index in [1.54, 1.807) is 16.8 Å². The Kier molecular flexibility index (Phi) is 11.1. The van der Waals surface area contributed by atoms with Gasteiger partial charge in [0.15, 0.2) is 0 Å². The number of nitrogens with one attached hydrogen (secondary N) is 1. The largest absolute Gasteiger partial charge is 0.461 e. The standard InChI is InChI=1S/C20H29N2O5P/c1-4-7-14-22(15-17-27-20(24)6-3)28(25,18-11-9-8-10-12-18)21-13-16-26-19(23)5-2/h5-6,8-12H,2-4,7,13-17H2,1H3,(H,21,25). The Balaban J connectivity index is 2.96. The Hall–Kier alpha value is -2.21. The van der Waals surface area contributed by atoms with Gasteiger partial charge < -0.3 is 9.47 Å². The van der Waals surface area contributed by atoms with Gasteiger partial charge in [0.25, 0.3) is 0 Å². The van der Waals surface area contributed by atoms with E-state index >= 15 is 0 Å². The Labute approximate surface area is 166 Å². The number of nitrogens with zero attached hydrogens (tertiary/aromatic N) is 1. The van der Waals surface area contributed by atoms with Crippen molar-refractivity contribution in [3.05, 3.63) is 55.6 Å². The third-order valence-electron chi connectivity index (χ3n) is 3.87. The molecule has 0 radical (unpaired) electrons. The SMILES string of the molecule is C=CC(=O)OCCNP(=O)(c1ccccc1)N(CCCC)CCOC(=O)C=C. The zero-order valence-corrected chi connectivity index (χ0v) is 17.2. The minimum absolute atomic E-state index is 0.0642. The van der Waals surface area contributed by atoms with Crippen molar-refractivity contribution in [1.29, 1.82) is 0 Å². The topological polar surface area (TPSA) is 84.9 Å². The van der Waals surface area contributed by atoms with Gasteiger partial charge in [-0.1, -0.05) is 44.7 Å². The summed E-state index contributed by atoms with van der Waals surface area (Å²) in [5, 5.41) is 3.70. The van der Waals surface area contributed by atoms with Crippen LogP contribution >= 0.6 is 7.44 Å². The van der Waals surface area contributed by atoms with Crippen LogP contribution in [0.15, 0.2) is 55.6 Å². The van der Waals surface area contributed by atoms with Crippen molar-refractivity contribution in [2.24, 2.45) is 0 Å². The van der Waals surface area contributed by atoms with Gasteiger partial charge >= 0.3 is 11.9 Å². The molecule has 0 saturated heterocycles. The van der Waals surface area contributed by atoms with E-state index in [1.165, 1.54) is 0 Å². The fraction of sp³-hybridized carbons (Fsp3) is 0.400. The van der Waals surface area contributed by atoms with Crippen LogP contribution in [-0.2, 0) is 23.6 Å². The molecule has 1 atom stereocenters. The molecule has 0 fully saturated rings. The summed E-state index contributed by atoms with van der Waals surface area (Å²) in [6, 6.07) is 9.06. The maximum atomic E-state index is 14.0. The van der Waals surface area contributed by atoms with Crippen molar-refractivity contribution in [3.8, 4) is 0 Å². The molecule has 154 valence electrons. The van der Waals surface area contributed by atoms with E-state index in [0.717, 1.165) is 25.0 Å². The first-order chi connectivity index (χ1) is 13.5. The second-order valence-electron chi connectivity index (χ2n) is 5.87. The third kappa shape index (κ3) is 7.80. The molecule has 1 N–H and O–H groups in total. The summed E-state index contributed by atoms with van der Waals surface area (Å²) >= 11 is 0. The van der Waals surface area contributed by atoms with Crippen molar-refractivity contribution in [3.63, 3.8) is 0 Å². The zero-order valence-electron chi connectivity index (χ0n) is 16.3. The van der Waals surface area contributed by atoms with Gasteiger partial charge in [0.2, 0.25) is 7.44 Å². The number of carbonyl (C=O) groups is 2. The molecule has 0 aliphatic rings. The summed E-state index contributed by atoms with van der Waals surface area (Å²) in [4.78, 5) is 22.5. The Morgan fingerprint density at radius 2 is 1.68 bits per heavy atom. The number of rotatable bonds is 14. The predicted molar refractivity (Wildman–Crippen MR) is 110 cm³/mol. The van der Waals surface area contributed by atoms with E-state index in [9.17, 15) is 14.2 Å². The number of hydrogen-bond acceptors (Lipinski definition) is 5. The van der Waals surface area contributed by atoms with E-state index in [1.807, 2.05) is 25.1 Å². The van der Waals surface area contributed by atoms with Gasteiger partial charge in [0.1, 0.15) is 13.2 Å². The molecule has 28 heavy (non-hydrogen) atoms. The van der Waals surface area contributed by atoms with Crippen LogP contribution in [-0.4, -0.2) is 49.5 Å². The van der Waals surface area contributed by atoms with Gasteiger partial charge in [0.05, 0.1) is 0 Å². The molecular weight excluding hydrogens is 379 g/mol. The minimum atomic E-state index is -3.20. The van der Waals surface area contributed by atoms with Crippen molar-refractivity contribution in [1.82, 2.24) is 9.76 Å². The maximum absolute atomic E-state index is 14.0. The number of esters is 2. The van der Waals surface area contributed by atoms with Crippen LogP contribution in [0, 0.1) is 0 Å². The number of carbonyl (C=O) groups excluding carboxylic acids is 2. The van der Waals surface area contributed by atoms with Crippen molar-refractivity contribution in [2.45, 2.75) is 19.8 Å². The highest BCUT2D eigenvalue weighted by Gasteiger charge is 2.32. The molecule has 0 amide bonds. The molecule has 0 heterocycles. The fourth-order valence-electron chi connectivity index (χ4n) is 2.44. The van der Waals surface area contributed by atoms with Crippen LogP contribution in [0.5, 0.6) is 0 Å². The van der Waals surface area contributed by atoms with E-state index in [0.29, 0.717) is 18.4 Å². The molecule has 1 aromatic rings. The first kappa shape index (κ1) is 23.8. The Morgan fingerprint density at radius 1 is 1.07 bits per heavy atom. The molecule has 8 heteroatoms. The molecule has 0 bridgehead atoms. The van der Waals surface area contributed by atoms with Crippen molar-refractivity contribution in [2.75, 3.05) is 32.8 Å². The smallest absolute Gasteiger partial charge is 0.330 e. The molecular formula is C20H29N2O5P. The highest BCUT2D eigenvalue weighted by atomic mass is 31.2. The molecule has 0 aliphatic carbocycles. The average Bonchev–Trinajstić information content (AvgIpc) is 2.73. The fourth-order valence-corrected chi connectivity index (χ4v) is 4.90. The van der Waals surface area contributed by atoms with Crippen molar-refractivity contribution < 1.29 is 23.6 Å². The van der Waals surface area contributed by atoms with E-state index in [-0.39, 0.29) is 19.8 Å². The van der Waals surface area contributed by atoms with Gasteiger partial charge in [-0.05, 0) is 18.6 Å². The number of benzene rings is 1. The molecule has 1 unspecified atom stereocenters. The average molecular weight is 408 g/mol. The molecule has 0 aromatic heterocycles. The van der Waals surface area contributed by atoms with Gasteiger partial charge in [0, 0.05) is 37.1 Å². The zero-order chi connectivity index (χ0) is 20.8. The second kappa shape index (κ2) is 13.0. The first-order valence-corrected chi connectivity index (χ1v) is 10.9. The van der Waals surface area contributed by atoms with Crippen molar-refractivity contribution >= 4 is 24.7 Å². The summed E-state index contributed by atoms with van der Waals surface area (Å²) in [6.45, 7) is 9.99. The van der Waals surface area contributed by atoms with Crippen LogP contribution in [0.1, 0.15) is 19.8 Å². The van der Waals surface area contributed by atoms with E-state index in [2.05, 4.69) is 18.2 Å². The Bertz CT molecular complexity index is 693. The Morgan fingerprint density at radius 3 is 2.25 bits per heavy atom. The van der Waals surface area contributed by atoms with Gasteiger partial charge in [-0.3, -0.25) is 4.57 Å². The lowest BCUT2D eigenvalue weighted by atomic mass is 10.3. The third-order valence-corrected chi connectivity index (χ3v) is 6.72. The summed E-state index contributed by atoms with van der Waals surface area (Å²) < 4.78 is 25.8. The summed E-state index contributed by atoms with van der Waals surface area (Å²) in [7, 11) is -3.20. The van der Waals surface area contributed by atoms with Gasteiger partial charge in [-0.2, -0.15) is 0 Å². The van der Waals surface area contributed by atoms with Crippen LogP contribution in [0.4, 0.5) is 0 Å². The number of hydrogen-bond donors (Lipinski definition) is 1. The second-order valence-corrected chi connectivity index (χ2v) is 8.42. The van der Waals surface area contributed by atoms with Crippen LogP contribution in [0.25, 0.3) is 0 Å². The van der Waals surface area contributed by atoms with Gasteiger partial charge in [-0.15, -0.1) is 0 Å². The monoisotopic (exact) mass is 408 g/mol. The summed E-state index contributed by atoms with van der Waals surface area (Å²) in [5.74, 6) is -1.05. The maximum Gasteiger partial charge on any atom is 0.330 e. The highest BCUT2D eigenvalue weighted by Crippen LogP contribution is 2.44. The predicted octanol–water partition coefficient (Wildman–Crippen LogP) is 2.66. The lowest BCUT2D eigenvalue weighted by Gasteiger charge is -2.32. The molecule has 7 nitrogen and oxygen atoms in total. The molecule has 1 rings (SSSR count). The highest BCUT2D eigenvalue weighted by molar-refractivity contribution is 7.67. The number of ether oxygens (including phenoxy) is 2. The summed E-state index contributed by atoms with van der Waals surface area (Å²) in [5.41, 5.74) is 0. The molecule has 0 saturated carbocycles. The van der Waals surface area contributed by atoms with Crippen LogP contribution in [0.3, 0.4) is 0 Å².